The predicted molar refractivity (Wildman–Crippen MR) is 74.6 cm³/mol. The normalized spacial score (nSPS) is 33.3. The van der Waals surface area contributed by atoms with Crippen LogP contribution in [-0.4, -0.2) is 21.2 Å². The Labute approximate surface area is 115 Å². The second-order valence-corrected chi connectivity index (χ2v) is 6.63. The molecule has 0 aromatic carbocycles. The van der Waals surface area contributed by atoms with Crippen LogP contribution in [0.15, 0.2) is 12.5 Å². The molecule has 3 rings (SSSR count). The highest BCUT2D eigenvalue weighted by atomic mass is 16.3. The molecule has 19 heavy (non-hydrogen) atoms. The highest BCUT2D eigenvalue weighted by Gasteiger charge is 2.43. The van der Waals surface area contributed by atoms with Gasteiger partial charge in [-0.25, -0.2) is 4.98 Å². The van der Waals surface area contributed by atoms with Crippen molar-refractivity contribution in [2.75, 3.05) is 6.54 Å². The van der Waals surface area contributed by atoms with Crippen molar-refractivity contribution in [1.82, 2.24) is 9.55 Å². The van der Waals surface area contributed by atoms with Gasteiger partial charge in [-0.3, -0.25) is 0 Å². The Morgan fingerprint density at radius 2 is 2.32 bits per heavy atom. The Balaban J connectivity index is 1.87. The Bertz CT molecular complexity index is 440. The number of aromatic nitrogens is 2. The Hall–Kier alpha value is -0.870. The summed E-state index contributed by atoms with van der Waals surface area (Å²) in [5.41, 5.74) is 6.89. The fourth-order valence-electron chi connectivity index (χ4n) is 3.74. The molecule has 0 radical (unpaired) electrons. The van der Waals surface area contributed by atoms with Crippen LogP contribution < -0.4 is 5.73 Å². The average Bonchev–Trinajstić information content (AvgIpc) is 3.15. The second-order valence-electron chi connectivity index (χ2n) is 6.63. The molecule has 0 amide bonds. The van der Waals surface area contributed by atoms with Crippen molar-refractivity contribution in [1.29, 1.82) is 0 Å². The summed E-state index contributed by atoms with van der Waals surface area (Å²) in [5, 5.41) is 10.9. The first-order valence-electron chi connectivity index (χ1n) is 7.56. The number of hydrogen-bond acceptors (Lipinski definition) is 3. The first kappa shape index (κ1) is 13.1. The predicted octanol–water partition coefficient (Wildman–Crippen LogP) is 2.41. The SMILES string of the molecule is CC1CCCC(CN)(C(O)c2cncn2C2CC2)C1. The number of imidazole rings is 1. The maximum absolute atomic E-state index is 10.9. The molecule has 1 aromatic heterocycles. The zero-order chi connectivity index (χ0) is 13.5. The summed E-state index contributed by atoms with van der Waals surface area (Å²) < 4.78 is 2.17. The van der Waals surface area contributed by atoms with Crippen molar-refractivity contribution in [3.63, 3.8) is 0 Å². The van der Waals surface area contributed by atoms with E-state index in [9.17, 15) is 5.11 Å². The van der Waals surface area contributed by atoms with Crippen molar-refractivity contribution < 1.29 is 5.11 Å². The van der Waals surface area contributed by atoms with E-state index < -0.39 is 6.10 Å². The van der Waals surface area contributed by atoms with Crippen LogP contribution in [0.5, 0.6) is 0 Å². The first-order valence-corrected chi connectivity index (χ1v) is 7.56. The number of nitrogens with zero attached hydrogens (tertiary/aromatic N) is 2. The van der Waals surface area contributed by atoms with Crippen molar-refractivity contribution in [3.8, 4) is 0 Å². The monoisotopic (exact) mass is 263 g/mol. The smallest absolute Gasteiger partial charge is 0.102 e. The summed E-state index contributed by atoms with van der Waals surface area (Å²) in [7, 11) is 0. The van der Waals surface area contributed by atoms with Gasteiger partial charge in [0.15, 0.2) is 0 Å². The second kappa shape index (κ2) is 4.91. The van der Waals surface area contributed by atoms with Crippen LogP contribution >= 0.6 is 0 Å². The van der Waals surface area contributed by atoms with Gasteiger partial charge >= 0.3 is 0 Å². The Morgan fingerprint density at radius 1 is 1.53 bits per heavy atom. The highest BCUT2D eigenvalue weighted by molar-refractivity contribution is 5.12. The van der Waals surface area contributed by atoms with Crippen LogP contribution in [0, 0.1) is 11.3 Å². The number of aliphatic hydroxyl groups excluding tert-OH is 1. The lowest BCUT2D eigenvalue weighted by molar-refractivity contribution is -0.0177. The van der Waals surface area contributed by atoms with Gasteiger partial charge in [-0.2, -0.15) is 0 Å². The fraction of sp³-hybridized carbons (Fsp3) is 0.800. The van der Waals surface area contributed by atoms with Gasteiger partial charge in [0.25, 0.3) is 0 Å². The molecule has 3 unspecified atom stereocenters. The van der Waals surface area contributed by atoms with E-state index in [4.69, 9.17) is 5.73 Å². The van der Waals surface area contributed by atoms with Gasteiger partial charge in [-0.05, 0) is 31.6 Å². The molecule has 4 heteroatoms. The standard InChI is InChI=1S/C15H25N3O/c1-11-3-2-6-15(7-11,9-16)14(19)13-8-17-10-18(13)12-4-5-12/h8,10-12,14,19H,2-7,9,16H2,1H3. The van der Waals surface area contributed by atoms with E-state index in [2.05, 4.69) is 16.5 Å². The molecule has 3 atom stereocenters. The van der Waals surface area contributed by atoms with E-state index in [-0.39, 0.29) is 5.41 Å². The Morgan fingerprint density at radius 3 is 2.95 bits per heavy atom. The summed E-state index contributed by atoms with van der Waals surface area (Å²) in [6.07, 6.45) is 10.1. The Kier molecular flexibility index (Phi) is 3.39. The van der Waals surface area contributed by atoms with Crippen molar-refractivity contribution in [3.05, 3.63) is 18.2 Å². The van der Waals surface area contributed by atoms with Gasteiger partial charge in [0.2, 0.25) is 0 Å². The van der Waals surface area contributed by atoms with Crippen LogP contribution in [0.3, 0.4) is 0 Å². The molecule has 2 aliphatic carbocycles. The molecular weight excluding hydrogens is 238 g/mol. The van der Waals surface area contributed by atoms with Crippen LogP contribution in [-0.2, 0) is 0 Å². The van der Waals surface area contributed by atoms with E-state index >= 15 is 0 Å². The summed E-state index contributed by atoms with van der Waals surface area (Å²) in [6.45, 7) is 2.84. The first-order chi connectivity index (χ1) is 9.16. The molecule has 1 aromatic rings. The molecule has 3 N–H and O–H groups in total. The summed E-state index contributed by atoms with van der Waals surface area (Å²) >= 11 is 0. The molecule has 2 saturated carbocycles. The molecule has 2 aliphatic rings. The van der Waals surface area contributed by atoms with Crippen molar-refractivity contribution in [2.45, 2.75) is 57.6 Å². The van der Waals surface area contributed by atoms with Gasteiger partial charge < -0.3 is 15.4 Å². The minimum Gasteiger partial charge on any atom is -0.386 e. The van der Waals surface area contributed by atoms with Gasteiger partial charge in [0.1, 0.15) is 6.10 Å². The summed E-state index contributed by atoms with van der Waals surface area (Å²) in [6, 6.07) is 0.558. The van der Waals surface area contributed by atoms with Gasteiger partial charge in [-0.15, -0.1) is 0 Å². The van der Waals surface area contributed by atoms with Crippen LogP contribution in [0.4, 0.5) is 0 Å². The average molecular weight is 263 g/mol. The summed E-state index contributed by atoms with van der Waals surface area (Å²) in [5.74, 6) is 0.657. The van der Waals surface area contributed by atoms with Crippen molar-refractivity contribution >= 4 is 0 Å². The molecule has 4 nitrogen and oxygen atoms in total. The minimum atomic E-state index is -0.469. The zero-order valence-corrected chi connectivity index (χ0v) is 11.8. The lowest BCUT2D eigenvalue weighted by Gasteiger charge is -2.42. The largest absolute Gasteiger partial charge is 0.386 e. The van der Waals surface area contributed by atoms with Crippen LogP contribution in [0.1, 0.15) is 63.3 Å². The molecule has 0 spiro atoms. The molecule has 0 saturated heterocycles. The van der Waals surface area contributed by atoms with E-state index in [0.29, 0.717) is 18.5 Å². The lowest BCUT2D eigenvalue weighted by Crippen LogP contribution is -2.41. The van der Waals surface area contributed by atoms with Crippen LogP contribution in [0.25, 0.3) is 0 Å². The fourth-order valence-corrected chi connectivity index (χ4v) is 3.74. The van der Waals surface area contributed by atoms with E-state index in [1.165, 1.54) is 25.7 Å². The zero-order valence-electron chi connectivity index (χ0n) is 11.8. The number of hydrogen-bond donors (Lipinski definition) is 2. The van der Waals surface area contributed by atoms with Gasteiger partial charge in [0.05, 0.1) is 18.2 Å². The van der Waals surface area contributed by atoms with E-state index in [1.54, 1.807) is 0 Å². The topological polar surface area (TPSA) is 64.1 Å². The maximum atomic E-state index is 10.9. The molecule has 2 fully saturated rings. The summed E-state index contributed by atoms with van der Waals surface area (Å²) in [4.78, 5) is 4.25. The molecule has 0 bridgehead atoms. The quantitative estimate of drug-likeness (QED) is 0.876. The molecule has 106 valence electrons. The lowest BCUT2D eigenvalue weighted by atomic mass is 9.66. The minimum absolute atomic E-state index is 0.148. The number of nitrogens with two attached hydrogens (primary N) is 1. The molecule has 1 heterocycles. The third kappa shape index (κ3) is 2.32. The number of aliphatic hydroxyl groups is 1. The third-order valence-electron chi connectivity index (χ3n) is 5.03. The van der Waals surface area contributed by atoms with Crippen molar-refractivity contribution in [2.24, 2.45) is 17.1 Å². The van der Waals surface area contributed by atoms with Gasteiger partial charge in [0, 0.05) is 18.0 Å². The molecular formula is C15H25N3O. The maximum Gasteiger partial charge on any atom is 0.102 e. The molecule has 0 aliphatic heterocycles. The van der Waals surface area contributed by atoms with E-state index in [1.807, 2.05) is 12.5 Å². The van der Waals surface area contributed by atoms with E-state index in [0.717, 1.165) is 18.5 Å². The third-order valence-corrected chi connectivity index (χ3v) is 5.03. The van der Waals surface area contributed by atoms with Crippen LogP contribution in [0.2, 0.25) is 0 Å². The number of rotatable bonds is 4. The highest BCUT2D eigenvalue weighted by Crippen LogP contribution is 2.48. The van der Waals surface area contributed by atoms with Gasteiger partial charge in [-0.1, -0.05) is 19.8 Å².